The molecule has 2 aliphatic heterocycles. The number of nitrogens with one attached hydrogen (secondary N) is 1. The molecular weight excluding hydrogens is 511 g/mol. The van der Waals surface area contributed by atoms with Crippen molar-refractivity contribution in [1.82, 2.24) is 9.62 Å². The van der Waals surface area contributed by atoms with Gasteiger partial charge >= 0.3 is 0 Å². The SMILES string of the molecule is C=CCOc1cc(Cl)c(Cl)cc1C(N[S+]([O-])C(C)(C)C)[C@H]1[C@@H]2CN(C(=O)[C@H]3COC(C)(C)O3)C[C@@H]21. The lowest BCUT2D eigenvalue weighted by molar-refractivity contribution is -0.160. The largest absolute Gasteiger partial charge is 0.598 e. The quantitative estimate of drug-likeness (QED) is 0.383. The van der Waals surface area contributed by atoms with Gasteiger partial charge in [-0.1, -0.05) is 35.9 Å². The Morgan fingerprint density at radius 2 is 1.97 bits per heavy atom. The molecule has 0 aromatic heterocycles. The third-order valence-electron chi connectivity index (χ3n) is 6.78. The monoisotopic (exact) mass is 544 g/mol. The van der Waals surface area contributed by atoms with Crippen LogP contribution < -0.4 is 9.46 Å². The number of hydrogen-bond donors (Lipinski definition) is 1. The van der Waals surface area contributed by atoms with Gasteiger partial charge in [-0.05, 0) is 58.4 Å². The molecule has 0 spiro atoms. The van der Waals surface area contributed by atoms with E-state index in [1.807, 2.05) is 39.5 Å². The lowest BCUT2D eigenvalue weighted by Crippen LogP contribution is -2.44. The van der Waals surface area contributed by atoms with E-state index in [-0.39, 0.29) is 36.3 Å². The highest BCUT2D eigenvalue weighted by atomic mass is 35.5. The predicted molar refractivity (Wildman–Crippen MR) is 138 cm³/mol. The number of ether oxygens (including phenoxy) is 3. The molecule has 6 atom stereocenters. The first-order valence-corrected chi connectivity index (χ1v) is 13.7. The molecule has 1 aromatic carbocycles. The molecule has 35 heavy (non-hydrogen) atoms. The molecule has 1 N–H and O–H groups in total. The molecule has 1 aliphatic carbocycles. The van der Waals surface area contributed by atoms with E-state index in [4.69, 9.17) is 37.4 Å². The maximum absolute atomic E-state index is 13.2. The summed E-state index contributed by atoms with van der Waals surface area (Å²) in [5, 5.41) is 0.796. The van der Waals surface area contributed by atoms with E-state index in [9.17, 15) is 9.35 Å². The number of halogens is 2. The van der Waals surface area contributed by atoms with Gasteiger partial charge in [-0.15, -0.1) is 4.72 Å². The molecule has 2 heterocycles. The third kappa shape index (κ3) is 5.79. The number of carbonyl (C=O) groups excluding carboxylic acids is 1. The van der Waals surface area contributed by atoms with Crippen LogP contribution in [-0.2, 0) is 25.6 Å². The number of nitrogens with zero attached hydrogens (tertiary/aromatic N) is 1. The van der Waals surface area contributed by atoms with Crippen molar-refractivity contribution in [3.8, 4) is 5.75 Å². The molecule has 2 saturated heterocycles. The highest BCUT2D eigenvalue weighted by Gasteiger charge is 2.62. The van der Waals surface area contributed by atoms with Crippen molar-refractivity contribution in [3.63, 3.8) is 0 Å². The number of benzene rings is 1. The van der Waals surface area contributed by atoms with E-state index in [2.05, 4.69) is 11.3 Å². The molecule has 2 unspecified atom stereocenters. The number of piperidine rings is 1. The molecule has 7 nitrogen and oxygen atoms in total. The Hall–Kier alpha value is -1.00. The summed E-state index contributed by atoms with van der Waals surface area (Å²) in [6.07, 6.45) is 1.09. The van der Waals surface area contributed by atoms with E-state index >= 15 is 0 Å². The summed E-state index contributed by atoms with van der Waals surface area (Å²) in [4.78, 5) is 14.9. The number of amides is 1. The van der Waals surface area contributed by atoms with Crippen LogP contribution in [0.3, 0.4) is 0 Å². The van der Waals surface area contributed by atoms with Crippen LogP contribution in [0.5, 0.6) is 5.75 Å². The average Bonchev–Trinajstić information content (AvgIpc) is 3.08. The van der Waals surface area contributed by atoms with Gasteiger partial charge in [-0.2, -0.15) is 0 Å². The molecule has 3 fully saturated rings. The summed E-state index contributed by atoms with van der Waals surface area (Å²) in [5.74, 6) is 0.516. The van der Waals surface area contributed by atoms with Crippen LogP contribution >= 0.6 is 23.2 Å². The van der Waals surface area contributed by atoms with Crippen molar-refractivity contribution < 1.29 is 23.6 Å². The van der Waals surface area contributed by atoms with Crippen LogP contribution in [0, 0.1) is 17.8 Å². The second-order valence-electron chi connectivity index (χ2n) is 10.8. The smallest absolute Gasteiger partial charge is 0.254 e. The second-order valence-corrected chi connectivity index (χ2v) is 13.7. The second kappa shape index (κ2) is 10.0. The minimum absolute atomic E-state index is 0.0335. The van der Waals surface area contributed by atoms with Gasteiger partial charge in [0.15, 0.2) is 11.9 Å². The standard InChI is InChI=1S/C25H34Cl2N2O5S/c1-7-8-32-19-10-18(27)17(26)9-14(19)22(28-35(31)24(2,3)4)21-15-11-29(12-16(15)21)23(30)20-13-33-25(5,6)34-20/h7,9-10,15-16,20-22,28H,1,8,11-13H2,2-6H3/t15-,16+,20-,21+,22?,35?/m1/s1. The topological polar surface area (TPSA) is 83.1 Å². The zero-order chi connectivity index (χ0) is 25.7. The van der Waals surface area contributed by atoms with Crippen LogP contribution in [0.25, 0.3) is 0 Å². The van der Waals surface area contributed by atoms with Gasteiger partial charge in [0, 0.05) is 36.1 Å². The van der Waals surface area contributed by atoms with Gasteiger partial charge < -0.3 is 23.7 Å². The Labute approximate surface area is 220 Å². The van der Waals surface area contributed by atoms with Gasteiger partial charge in [0.1, 0.15) is 17.1 Å². The summed E-state index contributed by atoms with van der Waals surface area (Å²) >= 11 is 11.4. The normalized spacial score (nSPS) is 29.0. The van der Waals surface area contributed by atoms with Gasteiger partial charge in [-0.3, -0.25) is 4.79 Å². The molecule has 0 bridgehead atoms. The Kier molecular flexibility index (Phi) is 7.76. The third-order valence-corrected chi connectivity index (χ3v) is 9.08. The molecule has 1 aromatic rings. The van der Waals surface area contributed by atoms with Crippen LogP contribution in [0.1, 0.15) is 46.2 Å². The van der Waals surface area contributed by atoms with Crippen molar-refractivity contribution in [2.75, 3.05) is 26.3 Å². The van der Waals surface area contributed by atoms with E-state index in [1.165, 1.54) is 0 Å². The van der Waals surface area contributed by atoms with Crippen LogP contribution in [0.2, 0.25) is 10.0 Å². The summed E-state index contributed by atoms with van der Waals surface area (Å²) in [5.41, 5.74) is 0.811. The van der Waals surface area contributed by atoms with Crippen LogP contribution in [0.15, 0.2) is 24.8 Å². The van der Waals surface area contributed by atoms with E-state index < -0.39 is 28.0 Å². The Bertz CT molecular complexity index is 973. The first-order chi connectivity index (χ1) is 16.3. The summed E-state index contributed by atoms with van der Waals surface area (Å²) < 4.78 is 33.3. The number of hydrogen-bond acceptors (Lipinski definition) is 6. The lowest BCUT2D eigenvalue weighted by atomic mass is 9.99. The number of carbonyl (C=O) groups is 1. The molecule has 4 rings (SSSR count). The Morgan fingerprint density at radius 1 is 1.34 bits per heavy atom. The summed E-state index contributed by atoms with van der Waals surface area (Å²) in [6, 6.07) is 3.22. The van der Waals surface area contributed by atoms with Gasteiger partial charge in [-0.25, -0.2) is 0 Å². The van der Waals surface area contributed by atoms with Crippen molar-refractivity contribution in [2.24, 2.45) is 17.8 Å². The number of likely N-dealkylation sites (tertiary alicyclic amines) is 1. The highest BCUT2D eigenvalue weighted by Crippen LogP contribution is 2.59. The molecule has 194 valence electrons. The van der Waals surface area contributed by atoms with Gasteiger partial charge in [0.2, 0.25) is 0 Å². The van der Waals surface area contributed by atoms with Crippen LogP contribution in [0.4, 0.5) is 0 Å². The number of fused-ring (bicyclic) bond motifs is 1. The average molecular weight is 546 g/mol. The minimum atomic E-state index is -1.33. The maximum Gasteiger partial charge on any atom is 0.254 e. The predicted octanol–water partition coefficient (Wildman–Crippen LogP) is 4.51. The molecule has 1 amide bonds. The van der Waals surface area contributed by atoms with Crippen molar-refractivity contribution in [1.29, 1.82) is 0 Å². The summed E-state index contributed by atoms with van der Waals surface area (Å²) in [7, 11) is 0. The van der Waals surface area contributed by atoms with Gasteiger partial charge in [0.05, 0.1) is 22.7 Å². The first-order valence-electron chi connectivity index (χ1n) is 11.8. The fourth-order valence-electron chi connectivity index (χ4n) is 4.96. The molecular formula is C25H34Cl2N2O5S. The van der Waals surface area contributed by atoms with Gasteiger partial charge in [0.25, 0.3) is 5.91 Å². The van der Waals surface area contributed by atoms with E-state index in [1.54, 1.807) is 18.2 Å². The summed E-state index contributed by atoms with van der Waals surface area (Å²) in [6.45, 7) is 15.0. The van der Waals surface area contributed by atoms with E-state index in [0.29, 0.717) is 35.5 Å². The maximum atomic E-state index is 13.2. The zero-order valence-electron chi connectivity index (χ0n) is 20.8. The molecule has 0 radical (unpaired) electrons. The van der Waals surface area contributed by atoms with Crippen molar-refractivity contribution in [3.05, 3.63) is 40.4 Å². The fraction of sp³-hybridized carbons (Fsp3) is 0.640. The highest BCUT2D eigenvalue weighted by molar-refractivity contribution is 7.90. The Morgan fingerprint density at radius 3 is 2.51 bits per heavy atom. The molecule has 10 heteroatoms. The van der Waals surface area contributed by atoms with Crippen molar-refractivity contribution in [2.45, 2.75) is 57.3 Å². The molecule has 1 saturated carbocycles. The minimum Gasteiger partial charge on any atom is -0.598 e. The first kappa shape index (κ1) is 27.0. The molecule has 3 aliphatic rings. The number of rotatable bonds is 8. The lowest BCUT2D eigenvalue weighted by Gasteiger charge is -2.31. The Balaban J connectivity index is 1.55. The van der Waals surface area contributed by atoms with Crippen LogP contribution in [-0.4, -0.2) is 58.3 Å². The fourth-order valence-corrected chi connectivity index (χ4v) is 6.16. The van der Waals surface area contributed by atoms with E-state index in [0.717, 1.165) is 5.56 Å². The van der Waals surface area contributed by atoms with Crippen molar-refractivity contribution >= 4 is 40.5 Å². The zero-order valence-corrected chi connectivity index (χ0v) is 23.1.